The standard InChI is InChI=1S/C15H21F3N2S/c1-9(2)7-10(3)20(4)13-6-5-11(15(16,17)18)8-12(13)14(19)21/h5-6,8-10H,7H2,1-4H3,(H2,19,21). The molecule has 118 valence electrons. The second kappa shape index (κ2) is 6.64. The molecule has 0 aliphatic carbocycles. The maximum Gasteiger partial charge on any atom is 0.416 e. The number of halogens is 3. The van der Waals surface area contributed by atoms with Gasteiger partial charge in [-0.2, -0.15) is 13.2 Å². The Morgan fingerprint density at radius 2 is 1.86 bits per heavy atom. The first-order chi connectivity index (χ1) is 9.54. The van der Waals surface area contributed by atoms with Gasteiger partial charge in [0.2, 0.25) is 0 Å². The molecule has 0 saturated carbocycles. The second-order valence-electron chi connectivity index (χ2n) is 5.68. The van der Waals surface area contributed by atoms with Crippen molar-refractivity contribution in [1.29, 1.82) is 0 Å². The van der Waals surface area contributed by atoms with Crippen LogP contribution in [0, 0.1) is 5.92 Å². The summed E-state index contributed by atoms with van der Waals surface area (Å²) in [5.74, 6) is 0.491. The van der Waals surface area contributed by atoms with E-state index in [2.05, 4.69) is 13.8 Å². The Balaban J connectivity index is 3.21. The van der Waals surface area contributed by atoms with Gasteiger partial charge in [-0.15, -0.1) is 0 Å². The Bertz CT molecular complexity index is 512. The van der Waals surface area contributed by atoms with Crippen LogP contribution in [0.2, 0.25) is 0 Å². The van der Waals surface area contributed by atoms with Crippen molar-refractivity contribution in [3.63, 3.8) is 0 Å². The van der Waals surface area contributed by atoms with Crippen molar-refractivity contribution in [3.05, 3.63) is 29.3 Å². The van der Waals surface area contributed by atoms with Crippen LogP contribution in [0.4, 0.5) is 18.9 Å². The highest BCUT2D eigenvalue weighted by molar-refractivity contribution is 7.80. The van der Waals surface area contributed by atoms with Gasteiger partial charge in [0.25, 0.3) is 0 Å². The largest absolute Gasteiger partial charge is 0.416 e. The second-order valence-corrected chi connectivity index (χ2v) is 6.12. The lowest BCUT2D eigenvalue weighted by Crippen LogP contribution is -2.32. The fourth-order valence-electron chi connectivity index (χ4n) is 2.30. The quantitative estimate of drug-likeness (QED) is 0.825. The molecule has 0 aliphatic heterocycles. The minimum atomic E-state index is -4.40. The first-order valence-electron chi connectivity index (χ1n) is 6.78. The van der Waals surface area contributed by atoms with Crippen molar-refractivity contribution in [2.45, 2.75) is 39.4 Å². The summed E-state index contributed by atoms with van der Waals surface area (Å²) in [6, 6.07) is 3.70. The summed E-state index contributed by atoms with van der Waals surface area (Å²) in [5, 5.41) is 0. The zero-order valence-corrected chi connectivity index (χ0v) is 13.5. The molecular weight excluding hydrogens is 297 g/mol. The van der Waals surface area contributed by atoms with Gasteiger partial charge < -0.3 is 10.6 Å². The molecule has 1 aromatic carbocycles. The maximum absolute atomic E-state index is 12.8. The van der Waals surface area contributed by atoms with Gasteiger partial charge in [0.1, 0.15) is 4.99 Å². The topological polar surface area (TPSA) is 29.3 Å². The molecule has 0 fully saturated rings. The lowest BCUT2D eigenvalue weighted by atomic mass is 10.0. The van der Waals surface area contributed by atoms with Gasteiger partial charge in [-0.1, -0.05) is 26.1 Å². The third kappa shape index (κ3) is 4.59. The molecule has 0 aliphatic rings. The number of hydrogen-bond donors (Lipinski definition) is 1. The van der Waals surface area contributed by atoms with Gasteiger partial charge in [-0.3, -0.25) is 0 Å². The van der Waals surface area contributed by atoms with Gasteiger partial charge in [0.15, 0.2) is 0 Å². The van der Waals surface area contributed by atoms with E-state index in [1.165, 1.54) is 6.07 Å². The van der Waals surface area contributed by atoms with Crippen molar-refractivity contribution in [3.8, 4) is 0 Å². The summed E-state index contributed by atoms with van der Waals surface area (Å²) in [4.78, 5) is 1.90. The predicted octanol–water partition coefficient (Wildman–Crippen LogP) is 4.21. The molecule has 0 bridgehead atoms. The Morgan fingerprint density at radius 1 is 1.29 bits per heavy atom. The minimum absolute atomic E-state index is 0.0281. The number of thiocarbonyl (C=S) groups is 1. The molecule has 21 heavy (non-hydrogen) atoms. The molecule has 6 heteroatoms. The summed E-state index contributed by atoms with van der Waals surface area (Å²) in [6.07, 6.45) is -3.48. The minimum Gasteiger partial charge on any atom is -0.389 e. The Morgan fingerprint density at radius 3 is 2.29 bits per heavy atom. The summed E-state index contributed by atoms with van der Waals surface area (Å²) in [5.41, 5.74) is 5.76. The van der Waals surface area contributed by atoms with Crippen LogP contribution in [0.25, 0.3) is 0 Å². The van der Waals surface area contributed by atoms with Crippen molar-refractivity contribution >= 4 is 22.9 Å². The number of nitrogens with zero attached hydrogens (tertiary/aromatic N) is 1. The van der Waals surface area contributed by atoms with Gasteiger partial charge >= 0.3 is 6.18 Å². The number of alkyl halides is 3. The molecule has 2 nitrogen and oxygen atoms in total. The van der Waals surface area contributed by atoms with E-state index >= 15 is 0 Å². The van der Waals surface area contributed by atoms with Crippen molar-refractivity contribution in [2.24, 2.45) is 11.7 Å². The molecule has 1 atom stereocenters. The highest BCUT2D eigenvalue weighted by Gasteiger charge is 2.31. The summed E-state index contributed by atoms with van der Waals surface area (Å²) in [7, 11) is 1.84. The van der Waals surface area contributed by atoms with Crippen LogP contribution in [0.5, 0.6) is 0 Å². The van der Waals surface area contributed by atoms with Crippen LogP contribution in [-0.4, -0.2) is 18.1 Å². The van der Waals surface area contributed by atoms with E-state index in [0.717, 1.165) is 18.6 Å². The van der Waals surface area contributed by atoms with E-state index < -0.39 is 11.7 Å². The average molecular weight is 318 g/mol. The predicted molar refractivity (Wildman–Crippen MR) is 84.7 cm³/mol. The molecule has 0 heterocycles. The van der Waals surface area contributed by atoms with Crippen molar-refractivity contribution < 1.29 is 13.2 Å². The fraction of sp³-hybridized carbons (Fsp3) is 0.533. The van der Waals surface area contributed by atoms with Crippen LogP contribution in [0.15, 0.2) is 18.2 Å². The van der Waals surface area contributed by atoms with Crippen LogP contribution in [-0.2, 0) is 6.18 Å². The molecule has 1 unspecified atom stereocenters. The molecule has 0 saturated heterocycles. The lowest BCUT2D eigenvalue weighted by Gasteiger charge is -2.30. The van der Waals surface area contributed by atoms with Crippen molar-refractivity contribution in [2.75, 3.05) is 11.9 Å². The van der Waals surface area contributed by atoms with Crippen molar-refractivity contribution in [1.82, 2.24) is 0 Å². The van der Waals surface area contributed by atoms with E-state index in [4.69, 9.17) is 18.0 Å². The summed E-state index contributed by atoms with van der Waals surface area (Å²) < 4.78 is 38.4. The van der Waals surface area contributed by atoms with E-state index in [9.17, 15) is 13.2 Å². The molecule has 0 aromatic heterocycles. The monoisotopic (exact) mass is 318 g/mol. The number of benzene rings is 1. The van der Waals surface area contributed by atoms with E-state index in [-0.39, 0.29) is 16.6 Å². The average Bonchev–Trinajstić information content (AvgIpc) is 2.35. The van der Waals surface area contributed by atoms with E-state index in [1.54, 1.807) is 0 Å². The molecule has 0 radical (unpaired) electrons. The zero-order chi connectivity index (χ0) is 16.4. The smallest absolute Gasteiger partial charge is 0.389 e. The van der Waals surface area contributed by atoms with Crippen LogP contribution >= 0.6 is 12.2 Å². The third-order valence-electron chi connectivity index (χ3n) is 3.44. The lowest BCUT2D eigenvalue weighted by molar-refractivity contribution is -0.137. The number of nitrogens with two attached hydrogens (primary N) is 1. The highest BCUT2D eigenvalue weighted by atomic mass is 32.1. The highest BCUT2D eigenvalue weighted by Crippen LogP contribution is 2.33. The van der Waals surface area contributed by atoms with Crippen LogP contribution < -0.4 is 10.6 Å². The molecule has 1 aromatic rings. The normalized spacial score (nSPS) is 13.3. The first kappa shape index (κ1) is 17.8. The molecule has 0 amide bonds. The number of hydrogen-bond acceptors (Lipinski definition) is 2. The van der Waals surface area contributed by atoms with Crippen LogP contribution in [0.1, 0.15) is 38.3 Å². The molecule has 0 spiro atoms. The number of anilines is 1. The molecule has 1 rings (SSSR count). The fourth-order valence-corrected chi connectivity index (χ4v) is 2.46. The van der Waals surface area contributed by atoms with Crippen LogP contribution in [0.3, 0.4) is 0 Å². The van der Waals surface area contributed by atoms with Gasteiger partial charge in [0.05, 0.1) is 5.56 Å². The zero-order valence-electron chi connectivity index (χ0n) is 12.7. The SMILES string of the molecule is CC(C)CC(C)N(C)c1ccc(C(F)(F)F)cc1C(N)=S. The number of rotatable bonds is 5. The summed E-state index contributed by atoms with van der Waals surface area (Å²) >= 11 is 4.91. The Hall–Kier alpha value is -1.30. The third-order valence-corrected chi connectivity index (χ3v) is 3.66. The molecule has 2 N–H and O–H groups in total. The van der Waals surface area contributed by atoms with Gasteiger partial charge in [-0.25, -0.2) is 0 Å². The maximum atomic E-state index is 12.8. The van der Waals surface area contributed by atoms with Gasteiger partial charge in [0, 0.05) is 24.3 Å². The Labute approximate surface area is 129 Å². The molecular formula is C15H21F3N2S. The van der Waals surface area contributed by atoms with E-state index in [1.807, 2.05) is 18.9 Å². The van der Waals surface area contributed by atoms with Gasteiger partial charge in [-0.05, 0) is 37.5 Å². The Kier molecular flexibility index (Phi) is 5.61. The first-order valence-corrected chi connectivity index (χ1v) is 7.18. The summed E-state index contributed by atoms with van der Waals surface area (Å²) in [6.45, 7) is 6.23. The van der Waals surface area contributed by atoms with E-state index in [0.29, 0.717) is 11.6 Å².